The lowest BCUT2D eigenvalue weighted by molar-refractivity contribution is 1.64. The zero-order chi connectivity index (χ0) is 6.10. The van der Waals surface area contributed by atoms with Gasteiger partial charge in [0.1, 0.15) is 8.51 Å². The van der Waals surface area contributed by atoms with E-state index in [2.05, 4.69) is 9.49 Å². The molecule has 0 aliphatic heterocycles. The summed E-state index contributed by atoms with van der Waals surface area (Å²) in [7, 11) is 0.950. The van der Waals surface area contributed by atoms with Crippen LogP contribution >= 0.6 is 8.51 Å². The predicted octanol–water partition coefficient (Wildman–Crippen LogP) is 2.14. The van der Waals surface area contributed by atoms with Crippen LogP contribution in [0.15, 0.2) is 24.3 Å². The molecule has 0 fully saturated rings. The lowest BCUT2D eigenvalue weighted by Crippen LogP contribution is -1.63. The molecule has 0 radical (unpaired) electrons. The van der Waals surface area contributed by atoms with Crippen molar-refractivity contribution in [3.05, 3.63) is 24.3 Å². The van der Waals surface area contributed by atoms with Gasteiger partial charge >= 0.3 is 0 Å². The number of benzene rings is 1. The molecule has 9 heavy (non-hydrogen) atoms. The Hall–Kier alpha value is -0.880. The number of para-hydroxylation sites is 1. The molecule has 0 aliphatic rings. The topological polar surface area (TPSA) is 28.7 Å². The normalized spacial score (nSPS) is 10.2. The van der Waals surface area contributed by atoms with Crippen LogP contribution in [0.1, 0.15) is 0 Å². The van der Waals surface area contributed by atoms with Gasteiger partial charge in [-0.2, -0.15) is 0 Å². The maximum Gasteiger partial charge on any atom is 0.130 e. The van der Waals surface area contributed by atoms with Gasteiger partial charge in [0.2, 0.25) is 0 Å². The van der Waals surface area contributed by atoms with Crippen molar-refractivity contribution in [3.8, 4) is 0 Å². The van der Waals surface area contributed by atoms with Crippen molar-refractivity contribution in [1.82, 2.24) is 9.49 Å². The molecule has 0 amide bonds. The van der Waals surface area contributed by atoms with Gasteiger partial charge in [-0.3, -0.25) is 0 Å². The maximum atomic E-state index is 4.16. The third kappa shape index (κ3) is 0.718. The summed E-state index contributed by atoms with van der Waals surface area (Å²) >= 11 is 0. The quantitative estimate of drug-likeness (QED) is 0.590. The Morgan fingerprint density at radius 1 is 1.33 bits per heavy atom. The molecule has 2 aromatic rings. The largest absolute Gasteiger partial charge is 0.321 e. The van der Waals surface area contributed by atoms with Crippen LogP contribution < -0.4 is 0 Å². The smallest absolute Gasteiger partial charge is 0.130 e. The van der Waals surface area contributed by atoms with Crippen LogP contribution in [0.3, 0.4) is 0 Å². The van der Waals surface area contributed by atoms with Crippen molar-refractivity contribution < 1.29 is 0 Å². The van der Waals surface area contributed by atoms with Gasteiger partial charge in [0.05, 0.1) is 11.0 Å². The van der Waals surface area contributed by atoms with Gasteiger partial charge in [0.25, 0.3) is 0 Å². The average molecular weight is 136 g/mol. The van der Waals surface area contributed by atoms with Gasteiger partial charge in [0, 0.05) is 0 Å². The molecule has 3 heteroatoms. The van der Waals surface area contributed by atoms with Crippen LogP contribution in [-0.4, -0.2) is 9.49 Å². The van der Waals surface area contributed by atoms with Crippen LogP contribution in [0.5, 0.6) is 0 Å². The molecule has 0 atom stereocenters. The number of nitrogens with zero attached hydrogens (tertiary/aromatic N) is 1. The van der Waals surface area contributed by atoms with E-state index in [9.17, 15) is 0 Å². The van der Waals surface area contributed by atoms with E-state index in [1.54, 1.807) is 0 Å². The second-order valence-electron chi connectivity index (χ2n) is 1.83. The fourth-order valence-electron chi connectivity index (χ4n) is 0.788. The Morgan fingerprint density at radius 2 is 2.22 bits per heavy atom. The van der Waals surface area contributed by atoms with Gasteiger partial charge in [-0.15, -0.1) is 0 Å². The minimum atomic E-state index is 0.950. The molecule has 1 heterocycles. The number of nitrogens with one attached hydrogen (secondary N) is 1. The minimum absolute atomic E-state index is 0.950. The predicted molar refractivity (Wildman–Crippen MR) is 38.6 cm³/mol. The highest BCUT2D eigenvalue weighted by Crippen LogP contribution is 2.11. The van der Waals surface area contributed by atoms with Gasteiger partial charge < -0.3 is 4.75 Å². The first kappa shape index (κ1) is 4.95. The lowest BCUT2D eigenvalue weighted by Gasteiger charge is -1.80. The molecule has 2 nitrogen and oxygen atoms in total. The van der Waals surface area contributed by atoms with Crippen molar-refractivity contribution in [2.75, 3.05) is 0 Å². The molecule has 2 rings (SSSR count). The number of hydrogen-bond donors (Lipinski definition) is 1. The molecule has 0 saturated heterocycles. The highest BCUT2D eigenvalue weighted by Gasteiger charge is 1.89. The van der Waals surface area contributed by atoms with Crippen molar-refractivity contribution in [3.63, 3.8) is 0 Å². The molecule has 0 saturated carbocycles. The monoisotopic (exact) mass is 136 g/mol. The van der Waals surface area contributed by atoms with E-state index in [0.717, 1.165) is 19.5 Å². The summed E-state index contributed by atoms with van der Waals surface area (Å²) in [6.07, 6.45) is 0. The van der Waals surface area contributed by atoms with E-state index in [1.165, 1.54) is 0 Å². The Balaban J connectivity index is 2.95. The van der Waals surface area contributed by atoms with E-state index in [1.807, 2.05) is 24.3 Å². The molecule has 1 aromatic carbocycles. The van der Waals surface area contributed by atoms with Gasteiger partial charge in [0.15, 0.2) is 0 Å². The van der Waals surface area contributed by atoms with E-state index in [-0.39, 0.29) is 0 Å². The molecule has 1 N–H and O–H groups in total. The standard InChI is InChI=1S/C6H5N2P/c1-2-4-6-5(3-1)7-9-8-6/h1-4H,(H,7,8). The van der Waals surface area contributed by atoms with E-state index in [4.69, 9.17) is 0 Å². The fraction of sp³-hybridized carbons (Fsp3) is 0. The molecule has 44 valence electrons. The summed E-state index contributed by atoms with van der Waals surface area (Å²) in [5.41, 5.74) is 2.21. The van der Waals surface area contributed by atoms with Crippen LogP contribution in [0.2, 0.25) is 0 Å². The van der Waals surface area contributed by atoms with Crippen LogP contribution in [0.25, 0.3) is 11.0 Å². The number of rotatable bonds is 0. The van der Waals surface area contributed by atoms with Gasteiger partial charge in [-0.1, -0.05) is 12.1 Å². The summed E-state index contributed by atoms with van der Waals surface area (Å²) in [6.45, 7) is 0. The number of fused-ring (bicyclic) bond motifs is 1. The lowest BCUT2D eigenvalue weighted by atomic mass is 10.3. The second-order valence-corrected chi connectivity index (χ2v) is 2.45. The molecular weight excluding hydrogens is 131 g/mol. The first-order valence-corrected chi connectivity index (χ1v) is 3.57. The summed E-state index contributed by atoms with van der Waals surface area (Å²) in [4.78, 5) is 0. The van der Waals surface area contributed by atoms with Crippen molar-refractivity contribution in [2.45, 2.75) is 0 Å². The summed E-state index contributed by atoms with van der Waals surface area (Å²) in [6, 6.07) is 8.02. The summed E-state index contributed by atoms with van der Waals surface area (Å²) < 4.78 is 7.27. The third-order valence-corrected chi connectivity index (χ3v) is 1.89. The third-order valence-electron chi connectivity index (χ3n) is 1.23. The van der Waals surface area contributed by atoms with Crippen LogP contribution in [-0.2, 0) is 0 Å². The van der Waals surface area contributed by atoms with Crippen molar-refractivity contribution in [2.24, 2.45) is 0 Å². The van der Waals surface area contributed by atoms with E-state index >= 15 is 0 Å². The molecule has 0 aliphatic carbocycles. The first-order valence-electron chi connectivity index (χ1n) is 2.72. The maximum absolute atomic E-state index is 4.16. The Morgan fingerprint density at radius 3 is 3.11 bits per heavy atom. The Bertz CT molecular complexity index is 285. The SMILES string of the molecule is c1ccc2[nH]pnc2c1. The van der Waals surface area contributed by atoms with E-state index in [0.29, 0.717) is 0 Å². The molecule has 0 unspecified atom stereocenters. The number of H-pyrrole nitrogens is 1. The fourth-order valence-corrected chi connectivity index (χ4v) is 1.42. The van der Waals surface area contributed by atoms with Crippen LogP contribution in [0, 0.1) is 0 Å². The average Bonchev–Trinajstić information content (AvgIpc) is 2.33. The number of aromatic amines is 1. The molecule has 1 aromatic heterocycles. The highest BCUT2D eigenvalue weighted by atomic mass is 31.1. The summed E-state index contributed by atoms with van der Waals surface area (Å²) in [5, 5.41) is 0. The Labute approximate surface area is 54.2 Å². The second kappa shape index (κ2) is 1.82. The van der Waals surface area contributed by atoms with Gasteiger partial charge in [-0.05, 0) is 12.1 Å². The number of hydrogen-bond acceptors (Lipinski definition) is 1. The van der Waals surface area contributed by atoms with Crippen molar-refractivity contribution in [1.29, 1.82) is 0 Å². The summed E-state index contributed by atoms with van der Waals surface area (Å²) in [5.74, 6) is 0. The zero-order valence-electron chi connectivity index (χ0n) is 4.70. The van der Waals surface area contributed by atoms with Crippen molar-refractivity contribution >= 4 is 19.5 Å². The van der Waals surface area contributed by atoms with Gasteiger partial charge in [-0.25, -0.2) is 4.75 Å². The number of aromatic nitrogens is 2. The Kier molecular flexibility index (Phi) is 0.998. The van der Waals surface area contributed by atoms with E-state index < -0.39 is 0 Å². The molecular formula is C6H5N2P. The highest BCUT2D eigenvalue weighted by molar-refractivity contribution is 7.21. The molecule has 0 spiro atoms. The minimum Gasteiger partial charge on any atom is -0.321 e. The molecule has 0 bridgehead atoms. The zero-order valence-corrected chi connectivity index (χ0v) is 5.60. The first-order chi connectivity index (χ1) is 4.47. The van der Waals surface area contributed by atoms with Crippen LogP contribution in [0.4, 0.5) is 0 Å².